The first-order valence-corrected chi connectivity index (χ1v) is 11.4. The van der Waals surface area contributed by atoms with E-state index >= 15 is 0 Å². The Bertz CT molecular complexity index is 1260. The highest BCUT2D eigenvalue weighted by Gasteiger charge is 2.19. The zero-order valence-electron chi connectivity index (χ0n) is 17.2. The Morgan fingerprint density at radius 3 is 2.34 bits per heavy atom. The van der Waals surface area contributed by atoms with E-state index in [9.17, 15) is 17.6 Å². The number of ether oxygens (including phenoxy) is 2. The van der Waals surface area contributed by atoms with Gasteiger partial charge >= 0.3 is 0 Å². The third-order valence-corrected chi connectivity index (χ3v) is 6.24. The zero-order valence-corrected chi connectivity index (χ0v) is 18.0. The number of hydrogen-bond acceptors (Lipinski definition) is 5. The number of halogens is 1. The summed E-state index contributed by atoms with van der Waals surface area (Å²) >= 11 is 0. The van der Waals surface area contributed by atoms with Crippen LogP contribution in [0.3, 0.4) is 0 Å². The highest BCUT2D eigenvalue weighted by atomic mass is 32.2. The Balaban J connectivity index is 1.56. The van der Waals surface area contributed by atoms with E-state index in [2.05, 4.69) is 10.0 Å². The van der Waals surface area contributed by atoms with Crippen LogP contribution < -0.4 is 19.5 Å². The zero-order chi connectivity index (χ0) is 22.7. The first-order valence-electron chi connectivity index (χ1n) is 9.92. The van der Waals surface area contributed by atoms with Gasteiger partial charge in [-0.2, -0.15) is 0 Å². The number of hydrogen-bond donors (Lipinski definition) is 2. The highest BCUT2D eigenvalue weighted by Crippen LogP contribution is 2.32. The standard InChI is InChI=1S/C23H21FN2O5S/c1-15-3-9-19(32(28,29)26-17-6-4-16(24)5-7-17)14-20(15)23(27)25-18-8-10-21-22(13-18)31-12-2-11-30-21/h3-10,13-14,26H,2,11-12H2,1H3,(H,25,27). The Hall–Kier alpha value is -3.59. The van der Waals surface area contributed by atoms with Crippen LogP contribution in [0.15, 0.2) is 65.6 Å². The van der Waals surface area contributed by atoms with Crippen LogP contribution in [-0.4, -0.2) is 27.5 Å². The number of rotatable bonds is 5. The van der Waals surface area contributed by atoms with Gasteiger partial charge in [0.2, 0.25) is 0 Å². The minimum absolute atomic E-state index is 0.0868. The monoisotopic (exact) mass is 456 g/mol. The summed E-state index contributed by atoms with van der Waals surface area (Å²) < 4.78 is 52.2. The molecule has 3 aromatic carbocycles. The van der Waals surface area contributed by atoms with E-state index in [0.717, 1.165) is 18.6 Å². The molecule has 166 valence electrons. The summed E-state index contributed by atoms with van der Waals surface area (Å²) in [5, 5.41) is 2.77. The van der Waals surface area contributed by atoms with Crippen LogP contribution in [0.1, 0.15) is 22.3 Å². The van der Waals surface area contributed by atoms with Gasteiger partial charge in [0.25, 0.3) is 15.9 Å². The summed E-state index contributed by atoms with van der Waals surface area (Å²) in [5.41, 5.74) is 1.53. The minimum Gasteiger partial charge on any atom is -0.490 e. The molecule has 0 saturated carbocycles. The maximum atomic E-state index is 13.1. The Labute approximate surface area is 185 Å². The number of sulfonamides is 1. The molecule has 1 aliphatic heterocycles. The maximum Gasteiger partial charge on any atom is 0.261 e. The number of fused-ring (bicyclic) bond motifs is 1. The maximum absolute atomic E-state index is 13.1. The summed E-state index contributed by atoms with van der Waals surface area (Å²) in [5.74, 6) is 0.210. The van der Waals surface area contributed by atoms with E-state index in [1.165, 1.54) is 24.3 Å². The molecule has 1 amide bonds. The predicted octanol–water partition coefficient (Wildman–Crippen LogP) is 4.35. The fourth-order valence-electron chi connectivity index (χ4n) is 3.18. The van der Waals surface area contributed by atoms with Gasteiger partial charge in [-0.25, -0.2) is 12.8 Å². The predicted molar refractivity (Wildman–Crippen MR) is 118 cm³/mol. The fourth-order valence-corrected chi connectivity index (χ4v) is 4.27. The second-order valence-electron chi connectivity index (χ2n) is 7.26. The van der Waals surface area contributed by atoms with E-state index in [0.29, 0.717) is 36.0 Å². The van der Waals surface area contributed by atoms with Crippen molar-refractivity contribution in [1.29, 1.82) is 0 Å². The quantitative estimate of drug-likeness (QED) is 0.595. The van der Waals surface area contributed by atoms with Gasteiger partial charge in [0, 0.05) is 29.4 Å². The molecule has 0 atom stereocenters. The van der Waals surface area contributed by atoms with Crippen LogP contribution in [0.25, 0.3) is 0 Å². The number of carbonyl (C=O) groups is 1. The molecule has 0 unspecified atom stereocenters. The average Bonchev–Trinajstić information content (AvgIpc) is 3.00. The van der Waals surface area contributed by atoms with E-state index < -0.39 is 21.7 Å². The number of benzene rings is 3. The molecule has 9 heteroatoms. The van der Waals surface area contributed by atoms with Crippen molar-refractivity contribution in [2.45, 2.75) is 18.2 Å². The molecule has 0 saturated heterocycles. The first kappa shape index (κ1) is 21.6. The van der Waals surface area contributed by atoms with Crippen molar-refractivity contribution in [3.8, 4) is 11.5 Å². The van der Waals surface area contributed by atoms with Crippen LogP contribution in [0.4, 0.5) is 15.8 Å². The van der Waals surface area contributed by atoms with Crippen LogP contribution in [0, 0.1) is 12.7 Å². The molecule has 0 aliphatic carbocycles. The van der Waals surface area contributed by atoms with Crippen molar-refractivity contribution in [1.82, 2.24) is 0 Å². The lowest BCUT2D eigenvalue weighted by molar-refractivity contribution is 0.102. The molecular formula is C23H21FN2O5S. The molecule has 0 spiro atoms. The van der Waals surface area contributed by atoms with E-state index in [-0.39, 0.29) is 16.1 Å². The molecule has 4 rings (SSSR count). The van der Waals surface area contributed by atoms with Crippen LogP contribution >= 0.6 is 0 Å². The summed E-state index contributed by atoms with van der Waals surface area (Å²) in [6.07, 6.45) is 0.767. The number of carbonyl (C=O) groups excluding carboxylic acids is 1. The Kier molecular flexibility index (Phi) is 6.00. The van der Waals surface area contributed by atoms with Gasteiger partial charge < -0.3 is 14.8 Å². The van der Waals surface area contributed by atoms with Gasteiger partial charge in [0.1, 0.15) is 5.82 Å². The second kappa shape index (κ2) is 8.88. The second-order valence-corrected chi connectivity index (χ2v) is 8.94. The van der Waals surface area contributed by atoms with Crippen LogP contribution in [0.2, 0.25) is 0 Å². The molecule has 0 bridgehead atoms. The lowest BCUT2D eigenvalue weighted by Gasteiger charge is -2.13. The summed E-state index contributed by atoms with van der Waals surface area (Å²) in [4.78, 5) is 12.8. The third kappa shape index (κ3) is 4.83. The summed E-state index contributed by atoms with van der Waals surface area (Å²) in [6.45, 7) is 2.79. The van der Waals surface area contributed by atoms with Crippen molar-refractivity contribution >= 4 is 27.3 Å². The van der Waals surface area contributed by atoms with Gasteiger partial charge in [-0.05, 0) is 61.0 Å². The molecule has 32 heavy (non-hydrogen) atoms. The fraction of sp³-hybridized carbons (Fsp3) is 0.174. The number of nitrogens with one attached hydrogen (secondary N) is 2. The number of amides is 1. The molecule has 7 nitrogen and oxygen atoms in total. The molecule has 2 N–H and O–H groups in total. The van der Waals surface area contributed by atoms with Crippen molar-refractivity contribution in [3.63, 3.8) is 0 Å². The highest BCUT2D eigenvalue weighted by molar-refractivity contribution is 7.92. The van der Waals surface area contributed by atoms with Crippen molar-refractivity contribution in [3.05, 3.63) is 77.6 Å². The minimum atomic E-state index is -3.98. The van der Waals surface area contributed by atoms with E-state index in [4.69, 9.17) is 9.47 Å². The van der Waals surface area contributed by atoms with E-state index in [1.807, 2.05) is 0 Å². The smallest absolute Gasteiger partial charge is 0.261 e. The number of aryl methyl sites for hydroxylation is 1. The third-order valence-electron chi connectivity index (χ3n) is 4.87. The number of anilines is 2. The summed E-state index contributed by atoms with van der Waals surface area (Å²) in [6, 6.07) is 14.3. The van der Waals surface area contributed by atoms with Crippen LogP contribution in [0.5, 0.6) is 11.5 Å². The van der Waals surface area contributed by atoms with Gasteiger partial charge in [-0.1, -0.05) is 6.07 Å². The SMILES string of the molecule is Cc1ccc(S(=O)(=O)Nc2ccc(F)cc2)cc1C(=O)Nc1ccc2c(c1)OCCCO2. The normalized spacial score (nSPS) is 13.2. The van der Waals surface area contributed by atoms with Gasteiger partial charge in [0.05, 0.1) is 18.1 Å². The molecule has 0 aromatic heterocycles. The average molecular weight is 456 g/mol. The molecule has 0 radical (unpaired) electrons. The van der Waals surface area contributed by atoms with Crippen LogP contribution in [-0.2, 0) is 10.0 Å². The topological polar surface area (TPSA) is 93.7 Å². The van der Waals surface area contributed by atoms with E-state index in [1.54, 1.807) is 31.2 Å². The lowest BCUT2D eigenvalue weighted by atomic mass is 10.1. The molecular weight excluding hydrogens is 435 g/mol. The molecule has 1 aliphatic rings. The Morgan fingerprint density at radius 1 is 0.906 bits per heavy atom. The molecule has 0 fully saturated rings. The van der Waals surface area contributed by atoms with Gasteiger partial charge in [-0.3, -0.25) is 9.52 Å². The van der Waals surface area contributed by atoms with Crippen molar-refractivity contribution < 1.29 is 27.1 Å². The molecule has 3 aromatic rings. The summed E-state index contributed by atoms with van der Waals surface area (Å²) in [7, 11) is -3.98. The van der Waals surface area contributed by atoms with Crippen molar-refractivity contribution in [2.75, 3.05) is 23.3 Å². The largest absolute Gasteiger partial charge is 0.490 e. The molecule has 1 heterocycles. The van der Waals surface area contributed by atoms with Gasteiger partial charge in [0.15, 0.2) is 11.5 Å². The lowest BCUT2D eigenvalue weighted by Crippen LogP contribution is -2.17. The first-order chi connectivity index (χ1) is 15.3. The van der Waals surface area contributed by atoms with Gasteiger partial charge in [-0.15, -0.1) is 0 Å². The van der Waals surface area contributed by atoms with Crippen molar-refractivity contribution in [2.24, 2.45) is 0 Å². The Morgan fingerprint density at radius 2 is 1.59 bits per heavy atom.